The fourth-order valence-corrected chi connectivity index (χ4v) is 2.85. The molecule has 2 aromatic rings. The fraction of sp³-hybridized carbons (Fsp3) is 0.316. The van der Waals surface area contributed by atoms with E-state index in [-0.39, 0.29) is 12.0 Å². The molecule has 1 aromatic heterocycles. The number of nitrogens with one attached hydrogen (secondary N) is 1. The van der Waals surface area contributed by atoms with Crippen molar-refractivity contribution in [3.05, 3.63) is 60.9 Å². The van der Waals surface area contributed by atoms with Crippen LogP contribution in [0.3, 0.4) is 0 Å². The average Bonchev–Trinajstić information content (AvgIpc) is 2.67. The maximum atomic E-state index is 12.8. The van der Waals surface area contributed by atoms with Crippen LogP contribution in [0.2, 0.25) is 0 Å². The highest BCUT2D eigenvalue weighted by Crippen LogP contribution is 2.21. The van der Waals surface area contributed by atoms with Crippen molar-refractivity contribution in [1.29, 1.82) is 0 Å². The number of aromatic nitrogens is 2. The van der Waals surface area contributed by atoms with E-state index in [1.54, 1.807) is 24.5 Å². The van der Waals surface area contributed by atoms with Gasteiger partial charge in [0.25, 0.3) is 5.91 Å². The van der Waals surface area contributed by atoms with Gasteiger partial charge in [0.2, 0.25) is 0 Å². The second-order valence-corrected chi connectivity index (χ2v) is 5.86. The Morgan fingerprint density at radius 2 is 1.96 bits per heavy atom. The van der Waals surface area contributed by atoms with E-state index in [0.717, 1.165) is 18.5 Å². The van der Waals surface area contributed by atoms with Gasteiger partial charge in [-0.25, -0.2) is 9.97 Å². The van der Waals surface area contributed by atoms with Crippen molar-refractivity contribution in [2.24, 2.45) is 0 Å². The number of anilines is 1. The van der Waals surface area contributed by atoms with Crippen LogP contribution >= 0.6 is 0 Å². The number of carbonyl (C=O) groups is 1. The number of likely N-dealkylation sites (tertiary alicyclic amines) is 1. The summed E-state index contributed by atoms with van der Waals surface area (Å²) in [4.78, 5) is 22.9. The molecular formula is C19H22N4O2. The number of hydrogen-bond acceptors (Lipinski definition) is 5. The first kappa shape index (κ1) is 17.0. The van der Waals surface area contributed by atoms with Gasteiger partial charge in [-0.15, -0.1) is 6.58 Å². The highest BCUT2D eigenvalue weighted by atomic mass is 16.5. The van der Waals surface area contributed by atoms with Gasteiger partial charge < -0.3 is 15.0 Å². The lowest BCUT2D eigenvalue weighted by Crippen LogP contribution is -2.42. The Labute approximate surface area is 147 Å². The molecule has 0 bridgehead atoms. The first-order chi connectivity index (χ1) is 12.3. The maximum Gasteiger partial charge on any atom is 0.316 e. The first-order valence-corrected chi connectivity index (χ1v) is 8.44. The van der Waals surface area contributed by atoms with Gasteiger partial charge in [-0.2, -0.15) is 0 Å². The Kier molecular flexibility index (Phi) is 5.61. The van der Waals surface area contributed by atoms with Crippen LogP contribution in [0.25, 0.3) is 0 Å². The van der Waals surface area contributed by atoms with E-state index >= 15 is 0 Å². The molecule has 0 radical (unpaired) electrons. The topological polar surface area (TPSA) is 67.4 Å². The van der Waals surface area contributed by atoms with E-state index in [9.17, 15) is 4.79 Å². The van der Waals surface area contributed by atoms with Crippen LogP contribution < -0.4 is 10.1 Å². The number of carbonyl (C=O) groups excluding carboxylic acids is 1. The summed E-state index contributed by atoms with van der Waals surface area (Å²) in [5.41, 5.74) is 1.53. The van der Waals surface area contributed by atoms with E-state index < -0.39 is 0 Å². The Hall–Kier alpha value is -2.89. The maximum absolute atomic E-state index is 12.8. The SMILES string of the molecule is C=CCNc1ccccc1C(=O)N1CCC(Oc2ncccn2)CC1. The molecule has 130 valence electrons. The van der Waals surface area contributed by atoms with Crippen molar-refractivity contribution in [3.8, 4) is 6.01 Å². The smallest absolute Gasteiger partial charge is 0.316 e. The van der Waals surface area contributed by atoms with Crippen LogP contribution in [0.4, 0.5) is 5.69 Å². The van der Waals surface area contributed by atoms with E-state index in [1.807, 2.05) is 29.2 Å². The van der Waals surface area contributed by atoms with Crippen molar-refractivity contribution in [2.75, 3.05) is 25.0 Å². The minimum Gasteiger partial charge on any atom is -0.460 e. The molecule has 1 aliphatic heterocycles. The summed E-state index contributed by atoms with van der Waals surface area (Å²) in [5.74, 6) is 0.0431. The second kappa shape index (κ2) is 8.28. The van der Waals surface area contributed by atoms with Crippen LogP contribution in [-0.4, -0.2) is 46.5 Å². The molecule has 6 nitrogen and oxygen atoms in total. The highest BCUT2D eigenvalue weighted by Gasteiger charge is 2.26. The van der Waals surface area contributed by atoms with Crippen molar-refractivity contribution in [1.82, 2.24) is 14.9 Å². The van der Waals surface area contributed by atoms with Crippen molar-refractivity contribution >= 4 is 11.6 Å². The van der Waals surface area contributed by atoms with Crippen molar-refractivity contribution in [3.63, 3.8) is 0 Å². The predicted molar refractivity (Wildman–Crippen MR) is 96.7 cm³/mol. The number of nitrogens with zero attached hydrogens (tertiary/aromatic N) is 3. The summed E-state index contributed by atoms with van der Waals surface area (Å²) in [6.45, 7) is 5.64. The largest absolute Gasteiger partial charge is 0.460 e. The van der Waals surface area contributed by atoms with Crippen LogP contribution in [0, 0.1) is 0 Å². The number of para-hydroxylation sites is 1. The molecule has 2 heterocycles. The molecule has 1 N–H and O–H groups in total. The predicted octanol–water partition coefficient (Wildman–Crippen LogP) is 2.76. The molecule has 0 unspecified atom stereocenters. The standard InChI is InChI=1S/C19H22N4O2/c1-2-10-20-17-7-4-3-6-16(17)18(24)23-13-8-15(9-14-23)25-19-21-11-5-12-22-19/h2-7,11-12,15,20H,1,8-10,13-14H2. The van der Waals surface area contributed by atoms with Gasteiger partial charge >= 0.3 is 6.01 Å². The first-order valence-electron chi connectivity index (χ1n) is 8.44. The summed E-state index contributed by atoms with van der Waals surface area (Å²) >= 11 is 0. The zero-order chi connectivity index (χ0) is 17.5. The monoisotopic (exact) mass is 338 g/mol. The number of amides is 1. The minimum absolute atomic E-state index is 0.0422. The zero-order valence-electron chi connectivity index (χ0n) is 14.1. The highest BCUT2D eigenvalue weighted by molar-refractivity contribution is 5.99. The lowest BCUT2D eigenvalue weighted by Gasteiger charge is -2.32. The second-order valence-electron chi connectivity index (χ2n) is 5.86. The average molecular weight is 338 g/mol. The van der Waals surface area contributed by atoms with Gasteiger partial charge in [0.05, 0.1) is 5.56 Å². The molecule has 3 rings (SSSR count). The fourth-order valence-electron chi connectivity index (χ4n) is 2.85. The third-order valence-electron chi connectivity index (χ3n) is 4.14. The molecule has 1 aromatic carbocycles. The van der Waals surface area contributed by atoms with Gasteiger partial charge in [0.15, 0.2) is 0 Å². The molecule has 1 aliphatic rings. The molecule has 1 saturated heterocycles. The Morgan fingerprint density at radius 3 is 2.68 bits per heavy atom. The Bertz CT molecular complexity index is 712. The van der Waals surface area contributed by atoms with E-state index in [2.05, 4.69) is 21.9 Å². The molecule has 6 heteroatoms. The third kappa shape index (κ3) is 4.35. The van der Waals surface area contributed by atoms with Crippen LogP contribution in [0.1, 0.15) is 23.2 Å². The summed E-state index contributed by atoms with van der Waals surface area (Å²) in [6, 6.07) is 9.72. The Morgan fingerprint density at radius 1 is 1.24 bits per heavy atom. The van der Waals surface area contributed by atoms with Crippen molar-refractivity contribution in [2.45, 2.75) is 18.9 Å². The molecular weight excluding hydrogens is 316 g/mol. The van der Waals surface area contributed by atoms with E-state index in [4.69, 9.17) is 4.74 Å². The van der Waals surface area contributed by atoms with E-state index in [1.165, 1.54) is 0 Å². The minimum atomic E-state index is 0.0422. The lowest BCUT2D eigenvalue weighted by atomic mass is 10.1. The molecule has 0 atom stereocenters. The van der Waals surface area contributed by atoms with Gasteiger partial charge in [-0.1, -0.05) is 18.2 Å². The summed E-state index contributed by atoms with van der Waals surface area (Å²) in [7, 11) is 0. The van der Waals surface area contributed by atoms with Crippen LogP contribution in [0.5, 0.6) is 6.01 Å². The summed E-state index contributed by atoms with van der Waals surface area (Å²) in [6.07, 6.45) is 6.68. The lowest BCUT2D eigenvalue weighted by molar-refractivity contribution is 0.0579. The molecule has 0 saturated carbocycles. The molecule has 1 fully saturated rings. The number of piperidine rings is 1. The number of ether oxygens (including phenoxy) is 1. The molecule has 0 spiro atoms. The van der Waals surface area contributed by atoms with Gasteiger partial charge in [0, 0.05) is 50.6 Å². The van der Waals surface area contributed by atoms with Gasteiger partial charge in [-0.05, 0) is 18.2 Å². The normalized spacial score (nSPS) is 14.8. The van der Waals surface area contributed by atoms with Crippen LogP contribution in [0.15, 0.2) is 55.4 Å². The molecule has 0 aliphatic carbocycles. The van der Waals surface area contributed by atoms with Gasteiger partial charge in [0.1, 0.15) is 6.10 Å². The molecule has 1 amide bonds. The number of rotatable bonds is 6. The van der Waals surface area contributed by atoms with Gasteiger partial charge in [-0.3, -0.25) is 4.79 Å². The Balaban J connectivity index is 1.59. The van der Waals surface area contributed by atoms with Crippen LogP contribution in [-0.2, 0) is 0 Å². The number of hydrogen-bond donors (Lipinski definition) is 1. The zero-order valence-corrected chi connectivity index (χ0v) is 14.1. The molecule has 25 heavy (non-hydrogen) atoms. The third-order valence-corrected chi connectivity index (χ3v) is 4.14. The number of benzene rings is 1. The quantitative estimate of drug-likeness (QED) is 0.820. The summed E-state index contributed by atoms with van der Waals surface area (Å²) < 4.78 is 5.78. The summed E-state index contributed by atoms with van der Waals surface area (Å²) in [5, 5.41) is 3.22. The van der Waals surface area contributed by atoms with E-state index in [0.29, 0.717) is 31.2 Å². The van der Waals surface area contributed by atoms with Crippen molar-refractivity contribution < 1.29 is 9.53 Å².